The number of aromatic amines is 1. The lowest BCUT2D eigenvalue weighted by atomic mass is 10.1. The maximum Gasteiger partial charge on any atom is 0.276 e. The molecule has 4 N–H and O–H groups in total. The molecule has 2 aromatic carbocycles. The summed E-state index contributed by atoms with van der Waals surface area (Å²) in [6.07, 6.45) is 4.93. The minimum Gasteiger partial charge on any atom is -0.349 e. The number of likely N-dealkylation sites (tertiary alicyclic amines) is 1. The molecule has 194 valence electrons. The van der Waals surface area contributed by atoms with E-state index in [2.05, 4.69) is 30.8 Å². The molecular weight excluding hydrogens is 515 g/mol. The van der Waals surface area contributed by atoms with Crippen LogP contribution in [-0.2, 0) is 6.54 Å². The largest absolute Gasteiger partial charge is 0.349 e. The molecule has 11 heteroatoms. The third-order valence-electron chi connectivity index (χ3n) is 6.12. The third kappa shape index (κ3) is 7.09. The molecule has 0 bridgehead atoms. The van der Waals surface area contributed by atoms with Crippen molar-refractivity contribution in [3.63, 3.8) is 0 Å². The summed E-state index contributed by atoms with van der Waals surface area (Å²) in [7, 11) is 0. The van der Waals surface area contributed by atoms with Crippen molar-refractivity contribution < 1.29 is 14.4 Å². The molecule has 1 aliphatic rings. The van der Waals surface area contributed by atoms with Crippen LogP contribution in [0.3, 0.4) is 0 Å². The number of piperidine rings is 1. The van der Waals surface area contributed by atoms with Gasteiger partial charge in [-0.05, 0) is 61.8 Å². The van der Waals surface area contributed by atoms with Crippen LogP contribution in [-0.4, -0.2) is 58.8 Å². The van der Waals surface area contributed by atoms with E-state index in [0.29, 0.717) is 33.4 Å². The average Bonchev–Trinajstić information content (AvgIpc) is 3.41. The van der Waals surface area contributed by atoms with Crippen LogP contribution < -0.4 is 16.0 Å². The lowest BCUT2D eigenvalue weighted by Gasteiger charge is -2.26. The van der Waals surface area contributed by atoms with Crippen LogP contribution in [0.4, 0.5) is 5.69 Å². The van der Waals surface area contributed by atoms with E-state index in [1.807, 2.05) is 0 Å². The Kier molecular flexibility index (Phi) is 9.16. The zero-order valence-corrected chi connectivity index (χ0v) is 21.7. The molecule has 0 unspecified atom stereocenters. The Labute approximate surface area is 224 Å². The summed E-state index contributed by atoms with van der Waals surface area (Å²) in [4.78, 5) is 47.0. The molecular formula is C26H28Cl2N6O3. The van der Waals surface area contributed by atoms with Gasteiger partial charge >= 0.3 is 0 Å². The summed E-state index contributed by atoms with van der Waals surface area (Å²) in [5.74, 6) is -1.22. The molecule has 4 rings (SSSR count). The van der Waals surface area contributed by atoms with Crippen molar-refractivity contribution in [1.82, 2.24) is 25.5 Å². The molecule has 0 atom stereocenters. The Morgan fingerprint density at radius 2 is 1.68 bits per heavy atom. The van der Waals surface area contributed by atoms with Gasteiger partial charge in [-0.15, -0.1) is 0 Å². The number of H-pyrrole nitrogens is 1. The van der Waals surface area contributed by atoms with Crippen LogP contribution in [0.25, 0.3) is 0 Å². The summed E-state index contributed by atoms with van der Waals surface area (Å²) in [6, 6.07) is 11.6. The van der Waals surface area contributed by atoms with Crippen molar-refractivity contribution in [2.75, 3.05) is 31.5 Å². The van der Waals surface area contributed by atoms with Gasteiger partial charge in [0.1, 0.15) is 5.69 Å². The molecule has 3 aromatic rings. The second kappa shape index (κ2) is 12.7. The van der Waals surface area contributed by atoms with Crippen molar-refractivity contribution in [2.24, 2.45) is 0 Å². The first kappa shape index (κ1) is 26.7. The number of rotatable bonds is 9. The molecule has 9 nitrogen and oxygen atoms in total. The predicted octanol–water partition coefficient (Wildman–Crippen LogP) is 4.11. The monoisotopic (exact) mass is 542 g/mol. The third-order valence-corrected chi connectivity index (χ3v) is 6.98. The van der Waals surface area contributed by atoms with E-state index in [1.54, 1.807) is 42.5 Å². The molecule has 1 aliphatic heterocycles. The number of anilines is 1. The smallest absolute Gasteiger partial charge is 0.276 e. The maximum atomic E-state index is 12.8. The van der Waals surface area contributed by atoms with Gasteiger partial charge in [0.15, 0.2) is 5.69 Å². The highest BCUT2D eigenvalue weighted by Crippen LogP contribution is 2.25. The molecule has 1 fully saturated rings. The van der Waals surface area contributed by atoms with Gasteiger partial charge in [0.25, 0.3) is 17.7 Å². The van der Waals surface area contributed by atoms with Gasteiger partial charge in [0.2, 0.25) is 0 Å². The standard InChI is InChI=1S/C26H28Cl2N6O3/c27-20-6-4-5-18(21(20)28)15-30-24(35)17-7-9-19(10-8-17)33-26(37)23-22(31-16-32-23)25(36)29-11-14-34-12-2-1-3-13-34/h4-10,16H,1-3,11-15H2,(H,29,36)(H,30,35)(H,31,32)(H,33,37). The van der Waals surface area contributed by atoms with E-state index in [-0.39, 0.29) is 29.7 Å². The summed E-state index contributed by atoms with van der Waals surface area (Å²) in [5.41, 5.74) is 1.67. The van der Waals surface area contributed by atoms with E-state index in [9.17, 15) is 14.4 Å². The number of nitrogens with zero attached hydrogens (tertiary/aromatic N) is 2. The maximum absolute atomic E-state index is 12.8. The van der Waals surface area contributed by atoms with Gasteiger partial charge in [0.05, 0.1) is 16.4 Å². The minimum atomic E-state index is -0.532. The van der Waals surface area contributed by atoms with E-state index < -0.39 is 5.91 Å². The Balaban J connectivity index is 1.29. The number of aromatic nitrogens is 2. The fraction of sp³-hybridized carbons (Fsp3) is 0.308. The number of halogens is 2. The molecule has 1 aromatic heterocycles. The van der Waals surface area contributed by atoms with Gasteiger partial charge in [-0.25, -0.2) is 4.98 Å². The van der Waals surface area contributed by atoms with Gasteiger partial charge in [0, 0.05) is 30.9 Å². The summed E-state index contributed by atoms with van der Waals surface area (Å²) < 4.78 is 0. The van der Waals surface area contributed by atoms with Gasteiger partial charge < -0.3 is 25.8 Å². The molecule has 37 heavy (non-hydrogen) atoms. The topological polar surface area (TPSA) is 119 Å². The molecule has 0 spiro atoms. The molecule has 2 heterocycles. The zero-order chi connectivity index (χ0) is 26.2. The number of amides is 3. The predicted molar refractivity (Wildman–Crippen MR) is 143 cm³/mol. The van der Waals surface area contributed by atoms with E-state index >= 15 is 0 Å². The van der Waals surface area contributed by atoms with Crippen LogP contribution in [0.5, 0.6) is 0 Å². The first-order valence-electron chi connectivity index (χ1n) is 12.1. The highest BCUT2D eigenvalue weighted by Gasteiger charge is 2.21. The van der Waals surface area contributed by atoms with Crippen LogP contribution >= 0.6 is 23.2 Å². The number of carbonyl (C=O) groups is 3. The molecule has 1 saturated heterocycles. The number of imidazole rings is 1. The fourth-order valence-corrected chi connectivity index (χ4v) is 4.48. The SMILES string of the molecule is O=C(NCc1cccc(Cl)c1Cl)c1ccc(NC(=O)c2nc[nH]c2C(=O)NCCN2CCCCC2)cc1. The van der Waals surface area contributed by atoms with Gasteiger partial charge in [-0.1, -0.05) is 41.8 Å². The average molecular weight is 543 g/mol. The Bertz CT molecular complexity index is 1260. The minimum absolute atomic E-state index is 0.00399. The lowest BCUT2D eigenvalue weighted by Crippen LogP contribution is -2.38. The van der Waals surface area contributed by atoms with E-state index in [4.69, 9.17) is 23.2 Å². The number of nitrogens with one attached hydrogen (secondary N) is 4. The zero-order valence-electron chi connectivity index (χ0n) is 20.2. The van der Waals surface area contributed by atoms with Crippen molar-refractivity contribution >= 4 is 46.6 Å². The van der Waals surface area contributed by atoms with Crippen molar-refractivity contribution in [3.05, 3.63) is 81.4 Å². The van der Waals surface area contributed by atoms with Crippen LogP contribution in [0.2, 0.25) is 10.0 Å². The Hall–Kier alpha value is -3.40. The summed E-state index contributed by atoms with van der Waals surface area (Å²) >= 11 is 12.2. The number of benzene rings is 2. The lowest BCUT2D eigenvalue weighted by molar-refractivity contribution is 0.0928. The highest BCUT2D eigenvalue weighted by atomic mass is 35.5. The second-order valence-corrected chi connectivity index (χ2v) is 9.50. The molecule has 0 aliphatic carbocycles. The Morgan fingerprint density at radius 3 is 2.43 bits per heavy atom. The van der Waals surface area contributed by atoms with Crippen LogP contribution in [0, 0.1) is 0 Å². The highest BCUT2D eigenvalue weighted by molar-refractivity contribution is 6.42. The van der Waals surface area contributed by atoms with Crippen molar-refractivity contribution in [2.45, 2.75) is 25.8 Å². The number of hydrogen-bond acceptors (Lipinski definition) is 5. The van der Waals surface area contributed by atoms with E-state index in [1.165, 1.54) is 25.6 Å². The molecule has 0 radical (unpaired) electrons. The number of hydrogen-bond donors (Lipinski definition) is 4. The fourth-order valence-electron chi connectivity index (χ4n) is 4.10. The van der Waals surface area contributed by atoms with E-state index in [0.717, 1.165) is 19.6 Å². The first-order chi connectivity index (χ1) is 17.9. The quantitative estimate of drug-likeness (QED) is 0.324. The van der Waals surface area contributed by atoms with Crippen molar-refractivity contribution in [3.8, 4) is 0 Å². The van der Waals surface area contributed by atoms with Crippen LogP contribution in [0.15, 0.2) is 48.8 Å². The number of carbonyl (C=O) groups excluding carboxylic acids is 3. The van der Waals surface area contributed by atoms with Gasteiger partial charge in [-0.3, -0.25) is 14.4 Å². The molecule has 0 saturated carbocycles. The first-order valence-corrected chi connectivity index (χ1v) is 12.8. The van der Waals surface area contributed by atoms with Gasteiger partial charge in [-0.2, -0.15) is 0 Å². The van der Waals surface area contributed by atoms with Crippen molar-refractivity contribution in [1.29, 1.82) is 0 Å². The normalized spacial score (nSPS) is 13.7. The summed E-state index contributed by atoms with van der Waals surface area (Å²) in [6.45, 7) is 3.58. The summed E-state index contributed by atoms with van der Waals surface area (Å²) in [5, 5.41) is 9.17. The van der Waals surface area contributed by atoms with Crippen LogP contribution in [0.1, 0.15) is 56.2 Å². The Morgan fingerprint density at radius 1 is 0.919 bits per heavy atom. The molecule has 3 amide bonds. The second-order valence-electron chi connectivity index (χ2n) is 8.71.